The summed E-state index contributed by atoms with van der Waals surface area (Å²) in [4.78, 5) is 37.5. The van der Waals surface area contributed by atoms with Crippen LogP contribution in [0.25, 0.3) is 11.6 Å². The Hall–Kier alpha value is -4.85. The first-order chi connectivity index (χ1) is 24.1. The molecule has 0 radical (unpaired) electrons. The Kier molecular flexibility index (Phi) is 14.3. The lowest BCUT2D eigenvalue weighted by molar-refractivity contribution is -0.145. The summed E-state index contributed by atoms with van der Waals surface area (Å²) >= 11 is 0. The average Bonchev–Trinajstić information content (AvgIpc) is 3.45. The van der Waals surface area contributed by atoms with Crippen LogP contribution in [0.2, 0.25) is 0 Å². The molecule has 4 rings (SSSR count). The highest BCUT2D eigenvalue weighted by atomic mass is 16.5. The second-order valence-corrected chi connectivity index (χ2v) is 13.4. The first kappa shape index (κ1) is 38.0. The third kappa shape index (κ3) is 11.1. The van der Waals surface area contributed by atoms with E-state index in [0.717, 1.165) is 31.2 Å². The predicted molar refractivity (Wildman–Crippen MR) is 200 cm³/mol. The fraction of sp³-hybridized carbons (Fsp3) is 0.405. The largest absolute Gasteiger partial charge is 0.484 e. The van der Waals surface area contributed by atoms with Gasteiger partial charge in [0.2, 0.25) is 0 Å². The Morgan fingerprint density at radius 2 is 1.86 bits per heavy atom. The van der Waals surface area contributed by atoms with E-state index in [0.29, 0.717) is 38.2 Å². The Balaban J connectivity index is 1.15. The molecule has 8 heteroatoms. The molecule has 266 valence electrons. The first-order valence-electron chi connectivity index (χ1n) is 17.6. The Bertz CT molecular complexity index is 1610. The Labute approximate surface area is 297 Å². The van der Waals surface area contributed by atoms with Crippen LogP contribution < -0.4 is 15.4 Å². The maximum atomic E-state index is 12.7. The van der Waals surface area contributed by atoms with E-state index in [2.05, 4.69) is 80.5 Å². The standard InChI is InChI=1S/C42H52N2O6/c1-6-42(4,25-13-14-30(2)3)26-24-31-20-22-32(23-21-31)49-29-39(45)44-38(40(46)48-5)19-11-12-27-43-41(47)50-28-37-35-17-9-7-15-33(35)34-16-8-10-18-36(34)37/h6-9,14-17,20-24,26,37-38H,1,10-13,18-19,25,27-29H2,2-5H3,(H,43,47)(H,44,45)/b26-24+/t37?,38-,42?/m0/s1. The van der Waals surface area contributed by atoms with Gasteiger partial charge in [-0.15, -0.1) is 6.58 Å². The molecule has 2 amide bonds. The molecule has 3 atom stereocenters. The highest BCUT2D eigenvalue weighted by Crippen LogP contribution is 2.46. The summed E-state index contributed by atoms with van der Waals surface area (Å²) in [5.41, 5.74) is 7.23. The second-order valence-electron chi connectivity index (χ2n) is 13.4. The SMILES string of the molecule is C=CC(C)(/C=C/c1ccc(OCC(=O)N[C@@H](CCCCNC(=O)OCC2C3=C(C=CCC3)c3ccccc32)C(=O)OC)cc1)CCC=C(C)C. The van der Waals surface area contributed by atoms with Gasteiger partial charge >= 0.3 is 12.1 Å². The summed E-state index contributed by atoms with van der Waals surface area (Å²) in [7, 11) is 1.29. The molecule has 0 aliphatic heterocycles. The molecule has 8 nitrogen and oxygen atoms in total. The van der Waals surface area contributed by atoms with Crippen molar-refractivity contribution >= 4 is 29.6 Å². The van der Waals surface area contributed by atoms with Crippen LogP contribution in [0, 0.1) is 5.41 Å². The van der Waals surface area contributed by atoms with E-state index in [4.69, 9.17) is 14.2 Å². The third-order valence-electron chi connectivity index (χ3n) is 9.26. The van der Waals surface area contributed by atoms with Crippen LogP contribution >= 0.6 is 0 Å². The number of methoxy groups -OCH3 is 1. The van der Waals surface area contributed by atoms with Crippen molar-refractivity contribution < 1.29 is 28.6 Å². The molecular weight excluding hydrogens is 628 g/mol. The van der Waals surface area contributed by atoms with Gasteiger partial charge in [0.25, 0.3) is 5.91 Å². The van der Waals surface area contributed by atoms with Crippen molar-refractivity contribution in [2.75, 3.05) is 26.9 Å². The van der Waals surface area contributed by atoms with Crippen LogP contribution in [0.1, 0.15) is 88.3 Å². The number of benzene rings is 2. The maximum Gasteiger partial charge on any atom is 0.407 e. The Morgan fingerprint density at radius 1 is 1.08 bits per heavy atom. The predicted octanol–water partition coefficient (Wildman–Crippen LogP) is 8.47. The summed E-state index contributed by atoms with van der Waals surface area (Å²) in [5.74, 6) is -0.333. The first-order valence-corrected chi connectivity index (χ1v) is 17.6. The number of ether oxygens (including phenoxy) is 3. The molecule has 0 heterocycles. The van der Waals surface area contributed by atoms with Crippen LogP contribution in [0.15, 0.2) is 96.6 Å². The zero-order valence-electron chi connectivity index (χ0n) is 30.0. The van der Waals surface area contributed by atoms with Gasteiger partial charge in [-0.25, -0.2) is 9.59 Å². The van der Waals surface area contributed by atoms with E-state index in [-0.39, 0.29) is 17.9 Å². The van der Waals surface area contributed by atoms with Crippen LogP contribution in [0.5, 0.6) is 5.75 Å². The summed E-state index contributed by atoms with van der Waals surface area (Å²) in [5, 5.41) is 5.52. The number of fused-ring (bicyclic) bond motifs is 2. The van der Waals surface area contributed by atoms with E-state index in [1.807, 2.05) is 42.5 Å². The van der Waals surface area contributed by atoms with Crippen molar-refractivity contribution in [3.05, 3.63) is 113 Å². The molecule has 2 aliphatic carbocycles. The van der Waals surface area contributed by atoms with E-state index in [1.54, 1.807) is 0 Å². The number of rotatable bonds is 18. The molecule has 0 spiro atoms. The molecule has 2 aromatic carbocycles. The zero-order chi connectivity index (χ0) is 35.9. The maximum absolute atomic E-state index is 12.7. The van der Waals surface area contributed by atoms with Gasteiger partial charge in [-0.1, -0.05) is 90.9 Å². The van der Waals surface area contributed by atoms with Crippen molar-refractivity contribution in [1.82, 2.24) is 10.6 Å². The van der Waals surface area contributed by atoms with Crippen molar-refractivity contribution in [3.63, 3.8) is 0 Å². The number of carbonyl (C=O) groups is 3. The fourth-order valence-corrected chi connectivity index (χ4v) is 6.27. The minimum Gasteiger partial charge on any atom is -0.484 e. The van der Waals surface area contributed by atoms with Gasteiger partial charge in [-0.05, 0) is 93.2 Å². The van der Waals surface area contributed by atoms with Gasteiger partial charge in [0.1, 0.15) is 18.4 Å². The molecule has 0 aromatic heterocycles. The van der Waals surface area contributed by atoms with Gasteiger partial charge < -0.3 is 24.8 Å². The molecule has 0 saturated heterocycles. The van der Waals surface area contributed by atoms with Gasteiger partial charge in [0.15, 0.2) is 6.61 Å². The van der Waals surface area contributed by atoms with E-state index in [1.165, 1.54) is 35.0 Å². The smallest absolute Gasteiger partial charge is 0.407 e. The summed E-state index contributed by atoms with van der Waals surface area (Å²) in [6.45, 7) is 10.8. The molecule has 0 bridgehead atoms. The number of nitrogens with one attached hydrogen (secondary N) is 2. The van der Waals surface area contributed by atoms with Gasteiger partial charge in [0.05, 0.1) is 7.11 Å². The summed E-state index contributed by atoms with van der Waals surface area (Å²) in [6, 6.07) is 15.0. The topological polar surface area (TPSA) is 103 Å². The lowest BCUT2D eigenvalue weighted by atomic mass is 9.84. The lowest BCUT2D eigenvalue weighted by Gasteiger charge is -2.20. The highest BCUT2D eigenvalue weighted by molar-refractivity contribution is 5.86. The van der Waals surface area contributed by atoms with Gasteiger partial charge in [-0.3, -0.25) is 4.79 Å². The molecule has 0 saturated carbocycles. The number of hydrogen-bond acceptors (Lipinski definition) is 6. The molecule has 50 heavy (non-hydrogen) atoms. The molecule has 2 unspecified atom stereocenters. The van der Waals surface area contributed by atoms with Crippen molar-refractivity contribution in [1.29, 1.82) is 0 Å². The molecule has 2 aromatic rings. The second kappa shape index (κ2) is 18.8. The number of carbonyl (C=O) groups excluding carboxylic acids is 3. The highest BCUT2D eigenvalue weighted by Gasteiger charge is 2.31. The molecular formula is C42H52N2O6. The zero-order valence-corrected chi connectivity index (χ0v) is 30.0. The fourth-order valence-electron chi connectivity index (χ4n) is 6.27. The molecule has 2 aliphatic rings. The van der Waals surface area contributed by atoms with E-state index in [9.17, 15) is 14.4 Å². The number of amides is 2. The number of alkyl carbamates (subject to hydrolysis) is 1. The third-order valence-corrected chi connectivity index (χ3v) is 9.26. The minimum absolute atomic E-state index is 0.0775. The molecule has 2 N–H and O–H groups in total. The molecule has 0 fully saturated rings. The number of allylic oxidation sites excluding steroid dienone is 7. The number of unbranched alkanes of at least 4 members (excludes halogenated alkanes) is 1. The van der Waals surface area contributed by atoms with Gasteiger partial charge in [0, 0.05) is 17.9 Å². The van der Waals surface area contributed by atoms with Gasteiger partial charge in [-0.2, -0.15) is 0 Å². The normalized spacial score (nSPS) is 16.4. The number of hydrogen-bond donors (Lipinski definition) is 2. The van der Waals surface area contributed by atoms with Crippen LogP contribution in [-0.2, 0) is 19.1 Å². The monoisotopic (exact) mass is 680 g/mol. The van der Waals surface area contributed by atoms with Crippen molar-refractivity contribution in [2.45, 2.75) is 77.7 Å². The lowest BCUT2D eigenvalue weighted by Crippen LogP contribution is -2.43. The van der Waals surface area contributed by atoms with E-state index < -0.39 is 24.0 Å². The number of esters is 1. The summed E-state index contributed by atoms with van der Waals surface area (Å²) in [6.07, 6.45) is 17.8. The Morgan fingerprint density at radius 3 is 2.60 bits per heavy atom. The summed E-state index contributed by atoms with van der Waals surface area (Å²) < 4.78 is 16.2. The minimum atomic E-state index is -0.819. The van der Waals surface area contributed by atoms with E-state index >= 15 is 0 Å². The van der Waals surface area contributed by atoms with Crippen LogP contribution in [-0.4, -0.2) is 50.9 Å². The average molecular weight is 681 g/mol. The van der Waals surface area contributed by atoms with Crippen LogP contribution in [0.4, 0.5) is 4.79 Å². The quantitative estimate of drug-likeness (QED) is 0.0931. The van der Waals surface area contributed by atoms with Crippen molar-refractivity contribution in [3.8, 4) is 5.75 Å². The van der Waals surface area contributed by atoms with Crippen molar-refractivity contribution in [2.24, 2.45) is 5.41 Å². The van der Waals surface area contributed by atoms with Crippen LogP contribution in [0.3, 0.4) is 0 Å².